The largest absolute Gasteiger partial charge is 0.376 e. The average molecular weight is 448 g/mol. The fourth-order valence-electron chi connectivity index (χ4n) is 4.69. The van der Waals surface area contributed by atoms with Crippen LogP contribution < -0.4 is 21.3 Å². The van der Waals surface area contributed by atoms with E-state index in [1.807, 2.05) is 19.9 Å². The highest BCUT2D eigenvalue weighted by Crippen LogP contribution is 2.30. The number of hydrogen-bond donors (Lipinski definition) is 4. The van der Waals surface area contributed by atoms with Gasteiger partial charge in [-0.2, -0.15) is 0 Å². The molecule has 0 aliphatic carbocycles. The van der Waals surface area contributed by atoms with Crippen LogP contribution in [-0.2, 0) is 4.74 Å². The van der Waals surface area contributed by atoms with E-state index in [4.69, 9.17) is 21.9 Å². The molecule has 0 radical (unpaired) electrons. The van der Waals surface area contributed by atoms with Crippen molar-refractivity contribution in [3.8, 4) is 0 Å². The lowest BCUT2D eigenvalue weighted by molar-refractivity contribution is 0.114. The molecule has 2 aliphatic rings. The summed E-state index contributed by atoms with van der Waals surface area (Å²) in [4.78, 5) is 14.0. The van der Waals surface area contributed by atoms with Crippen molar-refractivity contribution in [1.29, 1.82) is 0 Å². The van der Waals surface area contributed by atoms with Crippen LogP contribution in [0.3, 0.4) is 0 Å². The smallest absolute Gasteiger partial charge is 0.229 e. The van der Waals surface area contributed by atoms with Gasteiger partial charge < -0.3 is 20.7 Å². The normalized spacial score (nSPS) is 23.4. The second-order valence-electron chi connectivity index (χ2n) is 10.0. The summed E-state index contributed by atoms with van der Waals surface area (Å²) in [5.74, 6) is 1.08. The second kappa shape index (κ2) is 9.75. The zero-order chi connectivity index (χ0) is 22.6. The Morgan fingerprint density at radius 2 is 1.84 bits per heavy atom. The molecule has 2 fully saturated rings. The molecule has 3 heterocycles. The zero-order valence-corrected chi connectivity index (χ0v) is 20.4. The molecule has 1 unspecified atom stereocenters. The van der Waals surface area contributed by atoms with Crippen LogP contribution in [0.25, 0.3) is 0 Å². The first kappa shape index (κ1) is 23.8. The number of guanidine groups is 1. The van der Waals surface area contributed by atoms with Gasteiger partial charge in [-0.05, 0) is 85.5 Å². The van der Waals surface area contributed by atoms with Crippen LogP contribution in [0.2, 0.25) is 0 Å². The molecule has 2 aliphatic heterocycles. The molecule has 4 N–H and O–H groups in total. The van der Waals surface area contributed by atoms with Crippen molar-refractivity contribution in [2.45, 2.75) is 90.4 Å². The quantitative estimate of drug-likeness (QED) is 0.318. The third-order valence-corrected chi connectivity index (χ3v) is 5.69. The van der Waals surface area contributed by atoms with Crippen LogP contribution in [-0.4, -0.2) is 57.4 Å². The topological polar surface area (TPSA) is 95.5 Å². The maximum atomic E-state index is 5.67. The van der Waals surface area contributed by atoms with Gasteiger partial charge in [0, 0.05) is 35.6 Å². The number of hydrogen-bond acceptors (Lipinski definition) is 6. The first-order valence-electron chi connectivity index (χ1n) is 11.1. The van der Waals surface area contributed by atoms with Gasteiger partial charge in [0.15, 0.2) is 5.11 Å². The van der Waals surface area contributed by atoms with Crippen LogP contribution in [0, 0.1) is 13.8 Å². The lowest BCUT2D eigenvalue weighted by Gasteiger charge is -2.45. The molecule has 0 amide bonds. The third-order valence-electron chi connectivity index (χ3n) is 5.44. The van der Waals surface area contributed by atoms with Crippen LogP contribution >= 0.6 is 12.2 Å². The minimum atomic E-state index is -0.00395. The molecule has 3 rings (SSSR count). The van der Waals surface area contributed by atoms with E-state index in [9.17, 15) is 0 Å². The molecular formula is C22H37N7OS. The summed E-state index contributed by atoms with van der Waals surface area (Å²) >= 11 is 5.54. The van der Waals surface area contributed by atoms with Gasteiger partial charge in [-0.1, -0.05) is 0 Å². The number of ether oxygens (including phenoxy) is 1. The Kier molecular flexibility index (Phi) is 7.49. The van der Waals surface area contributed by atoms with Crippen molar-refractivity contribution < 1.29 is 4.74 Å². The molecule has 2 saturated heterocycles. The number of aryl methyl sites for hydroxylation is 2. The van der Waals surface area contributed by atoms with Gasteiger partial charge in [0.25, 0.3) is 0 Å². The van der Waals surface area contributed by atoms with Gasteiger partial charge in [0.05, 0.1) is 12.1 Å². The Labute approximate surface area is 191 Å². The molecule has 9 heteroatoms. The summed E-state index contributed by atoms with van der Waals surface area (Å²) in [5.41, 5.74) is 1.79. The summed E-state index contributed by atoms with van der Waals surface area (Å²) in [5, 5.41) is 14.0. The first-order chi connectivity index (χ1) is 14.5. The second-order valence-corrected chi connectivity index (χ2v) is 10.4. The van der Waals surface area contributed by atoms with E-state index >= 15 is 0 Å². The summed E-state index contributed by atoms with van der Waals surface area (Å²) in [6.07, 6.45) is 4.22. The number of aliphatic imine (C=N–C) groups is 1. The van der Waals surface area contributed by atoms with Crippen LogP contribution in [0.4, 0.5) is 5.95 Å². The van der Waals surface area contributed by atoms with Gasteiger partial charge in [-0.25, -0.2) is 15.0 Å². The fraction of sp³-hybridized carbons (Fsp3) is 0.727. The van der Waals surface area contributed by atoms with Crippen LogP contribution in [0.15, 0.2) is 11.1 Å². The van der Waals surface area contributed by atoms with Gasteiger partial charge in [0.2, 0.25) is 11.9 Å². The number of nitrogens with one attached hydrogen (secondary N) is 4. The molecule has 172 valence electrons. The van der Waals surface area contributed by atoms with Gasteiger partial charge in [0.1, 0.15) is 0 Å². The molecule has 1 atom stereocenters. The number of piperidine rings is 1. The molecule has 0 aromatic carbocycles. The molecule has 1 aromatic heterocycles. The maximum Gasteiger partial charge on any atom is 0.229 e. The minimum absolute atomic E-state index is 0.00395. The molecule has 0 saturated carbocycles. The van der Waals surface area contributed by atoms with Crippen LogP contribution in [0.5, 0.6) is 0 Å². The van der Waals surface area contributed by atoms with Gasteiger partial charge in [-0.15, -0.1) is 0 Å². The Morgan fingerprint density at radius 3 is 2.42 bits per heavy atom. The Bertz CT molecular complexity index is 782. The van der Waals surface area contributed by atoms with E-state index in [2.05, 4.69) is 58.9 Å². The van der Waals surface area contributed by atoms with E-state index in [-0.39, 0.29) is 23.2 Å². The van der Waals surface area contributed by atoms with Gasteiger partial charge in [-0.3, -0.25) is 5.32 Å². The number of thiocarbonyl (C=S) groups is 1. The number of aromatic nitrogens is 2. The predicted molar refractivity (Wildman–Crippen MR) is 130 cm³/mol. The Hall–Kier alpha value is -1.84. The molecule has 0 bridgehead atoms. The number of rotatable bonds is 4. The van der Waals surface area contributed by atoms with E-state index in [0.717, 1.165) is 43.7 Å². The summed E-state index contributed by atoms with van der Waals surface area (Å²) < 4.78 is 5.67. The van der Waals surface area contributed by atoms with Crippen molar-refractivity contribution in [3.63, 3.8) is 0 Å². The van der Waals surface area contributed by atoms with E-state index < -0.39 is 0 Å². The fourth-order valence-corrected chi connectivity index (χ4v) is 4.87. The van der Waals surface area contributed by atoms with Gasteiger partial charge >= 0.3 is 0 Å². The zero-order valence-electron chi connectivity index (χ0n) is 19.6. The molecular weight excluding hydrogens is 410 g/mol. The van der Waals surface area contributed by atoms with E-state index in [0.29, 0.717) is 23.6 Å². The highest BCUT2D eigenvalue weighted by Gasteiger charge is 2.37. The highest BCUT2D eigenvalue weighted by atomic mass is 32.1. The van der Waals surface area contributed by atoms with E-state index in [1.165, 1.54) is 0 Å². The lowest BCUT2D eigenvalue weighted by atomic mass is 9.80. The average Bonchev–Trinajstić information content (AvgIpc) is 3.09. The predicted octanol–water partition coefficient (Wildman–Crippen LogP) is 2.81. The minimum Gasteiger partial charge on any atom is -0.376 e. The maximum absolute atomic E-state index is 5.67. The molecule has 1 aromatic rings. The summed E-state index contributed by atoms with van der Waals surface area (Å²) in [6, 6.07) is 2.08. The monoisotopic (exact) mass is 447 g/mol. The lowest BCUT2D eigenvalue weighted by Crippen LogP contribution is -2.59. The SMILES string of the molecule is Cc1cc(C)nc(NC(=NC2CC(C)(C)NC(C)(C)C2)NC(=S)NCC2CCCO2)n1. The van der Waals surface area contributed by atoms with Crippen molar-refractivity contribution in [3.05, 3.63) is 17.5 Å². The Balaban J connectivity index is 1.75. The standard InChI is InChI=1S/C22H37N7OS/c1-14-10-15(2)25-18(24-14)27-19(28-20(31)23-13-17-8-7-9-30-17)26-16-11-21(3,4)29-22(5,6)12-16/h10,16-17,29H,7-9,11-13H2,1-6H3,(H3,23,24,25,26,27,28,31). The number of anilines is 1. The third kappa shape index (κ3) is 7.66. The molecule has 31 heavy (non-hydrogen) atoms. The van der Waals surface area contributed by atoms with Crippen molar-refractivity contribution in [2.75, 3.05) is 18.5 Å². The van der Waals surface area contributed by atoms with E-state index in [1.54, 1.807) is 0 Å². The Morgan fingerprint density at radius 1 is 1.19 bits per heavy atom. The molecule has 8 nitrogen and oxygen atoms in total. The van der Waals surface area contributed by atoms with Crippen molar-refractivity contribution >= 4 is 29.2 Å². The van der Waals surface area contributed by atoms with Crippen LogP contribution in [0.1, 0.15) is 64.8 Å². The summed E-state index contributed by atoms with van der Waals surface area (Å²) in [6.45, 7) is 14.3. The highest BCUT2D eigenvalue weighted by molar-refractivity contribution is 7.80. The van der Waals surface area contributed by atoms with Crippen molar-refractivity contribution in [2.24, 2.45) is 4.99 Å². The first-order valence-corrected chi connectivity index (χ1v) is 11.5. The van der Waals surface area contributed by atoms with Crippen molar-refractivity contribution in [1.82, 2.24) is 25.9 Å². The number of nitrogens with zero attached hydrogens (tertiary/aromatic N) is 3. The molecule has 0 spiro atoms. The summed E-state index contributed by atoms with van der Waals surface area (Å²) in [7, 11) is 0.